The van der Waals surface area contributed by atoms with Gasteiger partial charge < -0.3 is 15.4 Å². The van der Waals surface area contributed by atoms with Crippen LogP contribution in [-0.4, -0.2) is 30.4 Å². The van der Waals surface area contributed by atoms with E-state index in [1.165, 1.54) is 5.56 Å². The highest BCUT2D eigenvalue weighted by Crippen LogP contribution is 2.21. The zero-order valence-electron chi connectivity index (χ0n) is 11.5. The maximum atomic E-state index is 12.5. The van der Waals surface area contributed by atoms with Crippen molar-refractivity contribution in [2.75, 3.05) is 19.6 Å². The van der Waals surface area contributed by atoms with E-state index in [1.807, 2.05) is 23.1 Å². The first-order valence-electron chi connectivity index (χ1n) is 6.95. The Morgan fingerprint density at radius 3 is 2.84 bits per heavy atom. The third-order valence-electron chi connectivity index (χ3n) is 3.44. The molecule has 0 radical (unpaired) electrons. The molecular formula is C15H22N2O2. The minimum Gasteiger partial charge on any atom is -0.372 e. The third-order valence-corrected chi connectivity index (χ3v) is 3.44. The summed E-state index contributed by atoms with van der Waals surface area (Å²) in [6, 6.07) is 5.85. The molecule has 0 atom stereocenters. The monoisotopic (exact) mass is 262 g/mol. The van der Waals surface area contributed by atoms with Crippen LogP contribution in [0.4, 0.5) is 0 Å². The van der Waals surface area contributed by atoms with Crippen LogP contribution in [0.2, 0.25) is 0 Å². The average molecular weight is 262 g/mol. The number of fused-ring (bicyclic) bond motifs is 1. The highest BCUT2D eigenvalue weighted by atomic mass is 16.5. The number of carbonyl (C=O) groups excluding carboxylic acids is 1. The molecule has 1 aromatic rings. The van der Waals surface area contributed by atoms with Gasteiger partial charge in [-0.05, 0) is 29.7 Å². The number of nitrogens with zero attached hydrogens (tertiary/aromatic N) is 1. The van der Waals surface area contributed by atoms with Crippen molar-refractivity contribution in [1.29, 1.82) is 0 Å². The molecule has 1 aromatic carbocycles. The first-order chi connectivity index (χ1) is 9.26. The molecule has 0 spiro atoms. The van der Waals surface area contributed by atoms with Crippen molar-refractivity contribution < 1.29 is 9.53 Å². The van der Waals surface area contributed by atoms with E-state index in [9.17, 15) is 4.79 Å². The van der Waals surface area contributed by atoms with Crippen LogP contribution in [0, 0.1) is 0 Å². The van der Waals surface area contributed by atoms with Crippen molar-refractivity contribution in [1.82, 2.24) is 4.90 Å². The Balaban J connectivity index is 2.11. The molecule has 104 valence electrons. The number of amides is 1. The quantitative estimate of drug-likeness (QED) is 0.852. The van der Waals surface area contributed by atoms with E-state index in [-0.39, 0.29) is 5.91 Å². The van der Waals surface area contributed by atoms with Crippen molar-refractivity contribution >= 4 is 5.91 Å². The third kappa shape index (κ3) is 3.33. The van der Waals surface area contributed by atoms with Gasteiger partial charge in [0.25, 0.3) is 5.91 Å². The van der Waals surface area contributed by atoms with E-state index in [0.717, 1.165) is 30.5 Å². The number of unbranched alkanes of at least 4 members (excludes halogenated alkanes) is 1. The van der Waals surface area contributed by atoms with Crippen molar-refractivity contribution in [2.45, 2.75) is 33.0 Å². The Labute approximate surface area is 114 Å². The van der Waals surface area contributed by atoms with E-state index in [0.29, 0.717) is 26.3 Å². The van der Waals surface area contributed by atoms with Gasteiger partial charge in [-0.1, -0.05) is 19.4 Å². The first kappa shape index (κ1) is 14.0. The predicted octanol–water partition coefficient (Wildman–Crippen LogP) is 1.92. The molecule has 2 rings (SSSR count). The summed E-state index contributed by atoms with van der Waals surface area (Å²) in [6.45, 7) is 5.29. The van der Waals surface area contributed by atoms with Crippen molar-refractivity contribution in [3.63, 3.8) is 0 Å². The van der Waals surface area contributed by atoms with Gasteiger partial charge >= 0.3 is 0 Å². The van der Waals surface area contributed by atoms with Crippen molar-refractivity contribution in [3.05, 3.63) is 34.9 Å². The fourth-order valence-corrected chi connectivity index (χ4v) is 2.31. The first-order valence-corrected chi connectivity index (χ1v) is 6.95. The lowest BCUT2D eigenvalue weighted by molar-refractivity contribution is 0.0758. The molecule has 0 aromatic heterocycles. The molecule has 4 heteroatoms. The van der Waals surface area contributed by atoms with Crippen molar-refractivity contribution in [2.24, 2.45) is 5.73 Å². The molecule has 0 aliphatic carbocycles. The number of rotatable bonds is 6. The molecule has 1 heterocycles. The van der Waals surface area contributed by atoms with Crippen LogP contribution in [0.15, 0.2) is 18.2 Å². The standard InChI is InChI=1S/C15H22N2O2/c1-2-3-7-17(8-6-16)15(18)12-4-5-13-10-19-11-14(13)9-12/h4-5,9H,2-3,6-8,10-11,16H2,1H3. The van der Waals surface area contributed by atoms with E-state index < -0.39 is 0 Å². The fourth-order valence-electron chi connectivity index (χ4n) is 2.31. The van der Waals surface area contributed by atoms with Crippen molar-refractivity contribution in [3.8, 4) is 0 Å². The number of carbonyl (C=O) groups is 1. The SMILES string of the molecule is CCCCN(CCN)C(=O)c1ccc2c(c1)COC2. The largest absolute Gasteiger partial charge is 0.372 e. The molecular weight excluding hydrogens is 240 g/mol. The van der Waals surface area contributed by atoms with Crippen LogP contribution in [0.5, 0.6) is 0 Å². The molecule has 1 aliphatic heterocycles. The van der Waals surface area contributed by atoms with Crippen LogP contribution in [0.3, 0.4) is 0 Å². The molecule has 2 N–H and O–H groups in total. The minimum absolute atomic E-state index is 0.0774. The average Bonchev–Trinajstić information content (AvgIpc) is 2.90. The summed E-state index contributed by atoms with van der Waals surface area (Å²) in [5, 5.41) is 0. The second kappa shape index (κ2) is 6.68. The van der Waals surface area contributed by atoms with Gasteiger partial charge in [-0.25, -0.2) is 0 Å². The van der Waals surface area contributed by atoms with E-state index in [4.69, 9.17) is 10.5 Å². The summed E-state index contributed by atoms with van der Waals surface area (Å²) in [4.78, 5) is 14.3. The van der Waals surface area contributed by atoms with Crippen LogP contribution in [0.25, 0.3) is 0 Å². The molecule has 4 nitrogen and oxygen atoms in total. The highest BCUT2D eigenvalue weighted by molar-refractivity contribution is 5.94. The zero-order valence-corrected chi connectivity index (χ0v) is 11.5. The lowest BCUT2D eigenvalue weighted by Gasteiger charge is -2.22. The minimum atomic E-state index is 0.0774. The number of benzene rings is 1. The van der Waals surface area contributed by atoms with E-state index in [1.54, 1.807) is 0 Å². The second-order valence-corrected chi connectivity index (χ2v) is 4.91. The fraction of sp³-hybridized carbons (Fsp3) is 0.533. The van der Waals surface area contributed by atoms with Gasteiger partial charge in [0.1, 0.15) is 0 Å². The zero-order chi connectivity index (χ0) is 13.7. The van der Waals surface area contributed by atoms with Gasteiger partial charge in [0.05, 0.1) is 13.2 Å². The number of nitrogens with two attached hydrogens (primary N) is 1. The van der Waals surface area contributed by atoms with Crippen LogP contribution >= 0.6 is 0 Å². The molecule has 0 fully saturated rings. The summed E-state index contributed by atoms with van der Waals surface area (Å²) in [6.07, 6.45) is 2.09. The maximum Gasteiger partial charge on any atom is 0.253 e. The van der Waals surface area contributed by atoms with Gasteiger partial charge in [0.15, 0.2) is 0 Å². The summed E-state index contributed by atoms with van der Waals surface area (Å²) in [7, 11) is 0. The summed E-state index contributed by atoms with van der Waals surface area (Å²) in [5.74, 6) is 0.0774. The Morgan fingerprint density at radius 2 is 2.11 bits per heavy atom. The molecule has 0 saturated carbocycles. The molecule has 0 bridgehead atoms. The Morgan fingerprint density at radius 1 is 1.32 bits per heavy atom. The van der Waals surface area contributed by atoms with Gasteiger partial charge in [0, 0.05) is 25.2 Å². The Kier molecular flexibility index (Phi) is 4.93. The second-order valence-electron chi connectivity index (χ2n) is 4.91. The highest BCUT2D eigenvalue weighted by Gasteiger charge is 2.18. The molecule has 1 amide bonds. The summed E-state index contributed by atoms with van der Waals surface area (Å²) >= 11 is 0. The summed E-state index contributed by atoms with van der Waals surface area (Å²) in [5.41, 5.74) is 8.66. The molecule has 1 aliphatic rings. The van der Waals surface area contributed by atoms with Crippen LogP contribution in [-0.2, 0) is 18.0 Å². The molecule has 0 saturated heterocycles. The lowest BCUT2D eigenvalue weighted by Crippen LogP contribution is -2.36. The Hall–Kier alpha value is -1.39. The lowest BCUT2D eigenvalue weighted by atomic mass is 10.1. The smallest absolute Gasteiger partial charge is 0.253 e. The van der Waals surface area contributed by atoms with Gasteiger partial charge in [0.2, 0.25) is 0 Å². The van der Waals surface area contributed by atoms with Gasteiger partial charge in [-0.2, -0.15) is 0 Å². The topological polar surface area (TPSA) is 55.6 Å². The van der Waals surface area contributed by atoms with Crippen LogP contribution < -0.4 is 5.73 Å². The number of ether oxygens (including phenoxy) is 1. The van der Waals surface area contributed by atoms with Crippen LogP contribution in [0.1, 0.15) is 41.3 Å². The normalized spacial score (nSPS) is 13.4. The Bertz CT molecular complexity index is 446. The van der Waals surface area contributed by atoms with Gasteiger partial charge in [-0.3, -0.25) is 4.79 Å². The maximum absolute atomic E-state index is 12.5. The van der Waals surface area contributed by atoms with Gasteiger partial charge in [-0.15, -0.1) is 0 Å². The molecule has 0 unspecified atom stereocenters. The number of hydrogen-bond donors (Lipinski definition) is 1. The van der Waals surface area contributed by atoms with E-state index >= 15 is 0 Å². The predicted molar refractivity (Wildman–Crippen MR) is 74.8 cm³/mol. The molecule has 19 heavy (non-hydrogen) atoms. The van der Waals surface area contributed by atoms with E-state index in [2.05, 4.69) is 6.92 Å². The summed E-state index contributed by atoms with van der Waals surface area (Å²) < 4.78 is 5.38. The number of hydrogen-bond acceptors (Lipinski definition) is 3.